The van der Waals surface area contributed by atoms with Crippen LogP contribution in [0.3, 0.4) is 0 Å². The fraction of sp³-hybridized carbons (Fsp3) is 0.318. The van der Waals surface area contributed by atoms with Crippen LogP contribution >= 0.6 is 11.8 Å². The highest BCUT2D eigenvalue weighted by molar-refractivity contribution is 7.99. The van der Waals surface area contributed by atoms with Crippen LogP contribution in [0.1, 0.15) is 37.3 Å². The van der Waals surface area contributed by atoms with Crippen molar-refractivity contribution in [1.82, 2.24) is 9.55 Å². The first kappa shape index (κ1) is 18.7. The first-order chi connectivity index (χ1) is 13.6. The van der Waals surface area contributed by atoms with Gasteiger partial charge in [0.15, 0.2) is 5.16 Å². The number of amides is 1. The molecule has 1 aliphatic carbocycles. The van der Waals surface area contributed by atoms with Crippen LogP contribution in [0, 0.1) is 6.92 Å². The number of nitrogens with one attached hydrogen (secondary N) is 1. The van der Waals surface area contributed by atoms with Crippen LogP contribution in [-0.2, 0) is 4.79 Å². The lowest BCUT2D eigenvalue weighted by atomic mass is 10.2. The van der Waals surface area contributed by atoms with E-state index in [1.807, 2.05) is 60.0 Å². The van der Waals surface area contributed by atoms with Gasteiger partial charge in [-0.25, -0.2) is 4.98 Å². The quantitative estimate of drug-likeness (QED) is 0.510. The van der Waals surface area contributed by atoms with Crippen LogP contribution in [0.15, 0.2) is 58.5 Å². The van der Waals surface area contributed by atoms with Crippen molar-refractivity contribution in [3.63, 3.8) is 0 Å². The molecular formula is C22H23N3O2S. The second-order valence-corrected chi connectivity index (χ2v) is 8.17. The van der Waals surface area contributed by atoms with Gasteiger partial charge in [-0.2, -0.15) is 0 Å². The fourth-order valence-electron chi connectivity index (χ4n) is 3.76. The summed E-state index contributed by atoms with van der Waals surface area (Å²) >= 11 is 1.33. The molecule has 144 valence electrons. The Labute approximate surface area is 168 Å². The summed E-state index contributed by atoms with van der Waals surface area (Å²) in [6, 6.07) is 15.3. The van der Waals surface area contributed by atoms with E-state index in [1.54, 1.807) is 0 Å². The van der Waals surface area contributed by atoms with Crippen molar-refractivity contribution in [2.75, 3.05) is 11.1 Å². The molecule has 0 spiro atoms. The first-order valence-electron chi connectivity index (χ1n) is 9.62. The van der Waals surface area contributed by atoms with Gasteiger partial charge in [-0.15, -0.1) is 0 Å². The van der Waals surface area contributed by atoms with Crippen molar-refractivity contribution >= 4 is 34.3 Å². The lowest BCUT2D eigenvalue weighted by Crippen LogP contribution is -2.27. The van der Waals surface area contributed by atoms with Crippen molar-refractivity contribution in [2.24, 2.45) is 0 Å². The Balaban J connectivity index is 1.59. The maximum atomic E-state index is 13.1. The normalized spacial score (nSPS) is 14.5. The predicted octanol–water partition coefficient (Wildman–Crippen LogP) is 4.55. The number of fused-ring (bicyclic) bond motifs is 1. The van der Waals surface area contributed by atoms with E-state index in [9.17, 15) is 9.59 Å². The van der Waals surface area contributed by atoms with Crippen molar-refractivity contribution in [1.29, 1.82) is 0 Å². The van der Waals surface area contributed by atoms with Crippen LogP contribution < -0.4 is 10.9 Å². The number of anilines is 1. The SMILES string of the molecule is Cc1cccc(NC(=O)CSc2nc3ccccc3c(=O)n2C2CCCC2)c1. The Morgan fingerprint density at radius 2 is 1.96 bits per heavy atom. The summed E-state index contributed by atoms with van der Waals surface area (Å²) in [4.78, 5) is 30.3. The number of carbonyl (C=O) groups excluding carboxylic acids is 1. The number of thioether (sulfide) groups is 1. The van der Waals surface area contributed by atoms with Gasteiger partial charge >= 0.3 is 0 Å². The van der Waals surface area contributed by atoms with Gasteiger partial charge in [-0.05, 0) is 49.6 Å². The lowest BCUT2D eigenvalue weighted by Gasteiger charge is -2.18. The molecule has 1 heterocycles. The minimum absolute atomic E-state index is 0.000840. The average Bonchev–Trinajstić information content (AvgIpc) is 3.21. The van der Waals surface area contributed by atoms with Gasteiger partial charge in [0, 0.05) is 11.7 Å². The van der Waals surface area contributed by atoms with Crippen LogP contribution in [0.25, 0.3) is 10.9 Å². The monoisotopic (exact) mass is 393 g/mol. The zero-order chi connectivity index (χ0) is 19.5. The lowest BCUT2D eigenvalue weighted by molar-refractivity contribution is -0.113. The number of carbonyl (C=O) groups is 1. The molecule has 0 aliphatic heterocycles. The number of hydrogen-bond donors (Lipinski definition) is 1. The smallest absolute Gasteiger partial charge is 0.262 e. The molecule has 0 radical (unpaired) electrons. The highest BCUT2D eigenvalue weighted by Crippen LogP contribution is 2.32. The van der Waals surface area contributed by atoms with Gasteiger partial charge < -0.3 is 5.32 Å². The standard InChI is InChI=1S/C22H23N3O2S/c1-15-7-6-8-16(13-15)23-20(26)14-28-22-24-19-12-5-4-11-18(19)21(27)25(22)17-9-2-3-10-17/h4-8,11-13,17H,2-3,9-10,14H2,1H3,(H,23,26). The molecule has 1 fully saturated rings. The summed E-state index contributed by atoms with van der Waals surface area (Å²) in [6.45, 7) is 1.99. The van der Waals surface area contributed by atoms with Gasteiger partial charge in [-0.1, -0.05) is 48.9 Å². The summed E-state index contributed by atoms with van der Waals surface area (Å²) in [6.07, 6.45) is 4.23. The number of aromatic nitrogens is 2. The molecule has 3 aromatic rings. The summed E-state index contributed by atoms with van der Waals surface area (Å²) < 4.78 is 1.82. The van der Waals surface area contributed by atoms with Crippen LogP contribution in [0.2, 0.25) is 0 Å². The number of benzene rings is 2. The largest absolute Gasteiger partial charge is 0.325 e. The van der Waals surface area contributed by atoms with E-state index in [4.69, 9.17) is 4.98 Å². The van der Waals surface area contributed by atoms with Crippen molar-refractivity contribution in [3.05, 3.63) is 64.4 Å². The number of hydrogen-bond acceptors (Lipinski definition) is 4. The predicted molar refractivity (Wildman–Crippen MR) is 114 cm³/mol. The van der Waals surface area contributed by atoms with Crippen molar-refractivity contribution in [2.45, 2.75) is 43.8 Å². The van der Waals surface area contributed by atoms with E-state index in [1.165, 1.54) is 11.8 Å². The molecule has 6 heteroatoms. The average molecular weight is 394 g/mol. The van der Waals surface area contributed by atoms with Gasteiger partial charge in [-0.3, -0.25) is 14.2 Å². The number of aryl methyl sites for hydroxylation is 1. The van der Waals surface area contributed by atoms with Crippen molar-refractivity contribution in [3.8, 4) is 0 Å². The molecule has 1 aliphatic rings. The van der Waals surface area contributed by atoms with E-state index in [0.29, 0.717) is 16.1 Å². The first-order valence-corrected chi connectivity index (χ1v) is 10.6. The van der Waals surface area contributed by atoms with E-state index in [0.717, 1.165) is 36.9 Å². The zero-order valence-corrected chi connectivity index (χ0v) is 16.7. The van der Waals surface area contributed by atoms with Gasteiger partial charge in [0.1, 0.15) is 0 Å². The molecule has 5 nitrogen and oxygen atoms in total. The summed E-state index contributed by atoms with van der Waals surface area (Å²) in [5, 5.41) is 4.19. The molecule has 1 amide bonds. The van der Waals surface area contributed by atoms with E-state index in [-0.39, 0.29) is 23.3 Å². The number of nitrogens with zero attached hydrogens (tertiary/aromatic N) is 2. The third-order valence-corrected chi connectivity index (χ3v) is 6.05. The number of para-hydroxylation sites is 1. The Hall–Kier alpha value is -2.60. The van der Waals surface area contributed by atoms with E-state index in [2.05, 4.69) is 5.32 Å². The molecule has 4 rings (SSSR count). The molecule has 1 aromatic heterocycles. The summed E-state index contributed by atoms with van der Waals surface area (Å²) in [7, 11) is 0. The second kappa shape index (κ2) is 8.19. The molecule has 28 heavy (non-hydrogen) atoms. The molecule has 0 bridgehead atoms. The molecule has 0 saturated heterocycles. The Bertz CT molecular complexity index is 1070. The second-order valence-electron chi connectivity index (χ2n) is 7.23. The van der Waals surface area contributed by atoms with Crippen molar-refractivity contribution < 1.29 is 4.79 Å². The zero-order valence-electron chi connectivity index (χ0n) is 15.9. The molecule has 0 unspecified atom stereocenters. The van der Waals surface area contributed by atoms with E-state index < -0.39 is 0 Å². The van der Waals surface area contributed by atoms with Crippen LogP contribution in [0.4, 0.5) is 5.69 Å². The third-order valence-electron chi connectivity index (χ3n) is 5.10. The number of rotatable bonds is 5. The maximum absolute atomic E-state index is 13.1. The van der Waals surface area contributed by atoms with E-state index >= 15 is 0 Å². The fourth-order valence-corrected chi connectivity index (χ4v) is 4.63. The third kappa shape index (κ3) is 3.97. The molecule has 2 aromatic carbocycles. The Morgan fingerprint density at radius 1 is 1.18 bits per heavy atom. The van der Waals surface area contributed by atoms with Crippen LogP contribution in [0.5, 0.6) is 0 Å². The maximum Gasteiger partial charge on any atom is 0.262 e. The van der Waals surface area contributed by atoms with Crippen LogP contribution in [-0.4, -0.2) is 21.2 Å². The van der Waals surface area contributed by atoms with Gasteiger partial charge in [0.05, 0.1) is 16.7 Å². The molecule has 1 N–H and O–H groups in total. The molecule has 1 saturated carbocycles. The minimum Gasteiger partial charge on any atom is -0.325 e. The van der Waals surface area contributed by atoms with Gasteiger partial charge in [0.2, 0.25) is 5.91 Å². The molecule has 0 atom stereocenters. The van der Waals surface area contributed by atoms with Gasteiger partial charge in [0.25, 0.3) is 5.56 Å². The highest BCUT2D eigenvalue weighted by atomic mass is 32.2. The Morgan fingerprint density at radius 3 is 2.75 bits per heavy atom. The highest BCUT2D eigenvalue weighted by Gasteiger charge is 2.23. The topological polar surface area (TPSA) is 64.0 Å². The summed E-state index contributed by atoms with van der Waals surface area (Å²) in [5.41, 5.74) is 2.56. The summed E-state index contributed by atoms with van der Waals surface area (Å²) in [5.74, 6) is 0.113. The minimum atomic E-state index is -0.101. The molecular weight excluding hydrogens is 370 g/mol. The Kier molecular flexibility index (Phi) is 5.48.